The molecule has 0 aliphatic carbocycles. The minimum absolute atomic E-state index is 0.0629. The van der Waals surface area contributed by atoms with E-state index >= 15 is 0 Å². The second-order valence-corrected chi connectivity index (χ2v) is 8.75. The van der Waals surface area contributed by atoms with Crippen molar-refractivity contribution in [1.29, 1.82) is 0 Å². The zero-order chi connectivity index (χ0) is 22.4. The van der Waals surface area contributed by atoms with Crippen LogP contribution in [0.5, 0.6) is 0 Å². The van der Waals surface area contributed by atoms with Gasteiger partial charge in [-0.3, -0.25) is 9.59 Å². The number of nitrogens with one attached hydrogen (secondary N) is 3. The first-order valence-corrected chi connectivity index (χ1v) is 10.5. The smallest absolute Gasteiger partial charge is 0.279 e. The van der Waals surface area contributed by atoms with Crippen LogP contribution in [-0.2, 0) is 21.5 Å². The van der Waals surface area contributed by atoms with Crippen molar-refractivity contribution in [1.82, 2.24) is 9.97 Å². The van der Waals surface area contributed by atoms with Gasteiger partial charge >= 0.3 is 0 Å². The highest BCUT2D eigenvalue weighted by molar-refractivity contribution is 5.91. The Morgan fingerprint density at radius 1 is 1.13 bits per heavy atom. The monoisotopic (exact) mass is 423 g/mol. The predicted octanol–water partition coefficient (Wildman–Crippen LogP) is 1.89. The number of benzene rings is 2. The molecule has 2 aromatic carbocycles. The van der Waals surface area contributed by atoms with Crippen molar-refractivity contribution in [3.8, 4) is 0 Å². The molecule has 3 aromatic rings. The van der Waals surface area contributed by atoms with Gasteiger partial charge in [0, 0.05) is 12.8 Å². The lowest BCUT2D eigenvalue weighted by molar-refractivity contribution is -0.906. The van der Waals surface area contributed by atoms with Crippen LogP contribution in [0.4, 0.5) is 5.69 Å². The summed E-state index contributed by atoms with van der Waals surface area (Å²) in [4.78, 5) is 33.4. The van der Waals surface area contributed by atoms with Gasteiger partial charge in [-0.05, 0) is 35.2 Å². The maximum atomic E-state index is 12.7. The van der Waals surface area contributed by atoms with E-state index in [9.17, 15) is 9.59 Å². The number of amides is 1. The number of carbonyl (C=O) groups is 1. The van der Waals surface area contributed by atoms with E-state index < -0.39 is 0 Å². The fourth-order valence-corrected chi connectivity index (χ4v) is 3.43. The third-order valence-corrected chi connectivity index (χ3v) is 5.18. The molecule has 7 heteroatoms. The van der Waals surface area contributed by atoms with Gasteiger partial charge in [-0.1, -0.05) is 45.0 Å². The van der Waals surface area contributed by atoms with E-state index in [-0.39, 0.29) is 23.4 Å². The molecule has 0 radical (unpaired) electrons. The van der Waals surface area contributed by atoms with Crippen molar-refractivity contribution in [2.24, 2.45) is 0 Å². The van der Waals surface area contributed by atoms with Crippen LogP contribution in [0.2, 0.25) is 0 Å². The summed E-state index contributed by atoms with van der Waals surface area (Å²) in [5.74, 6) is 0.454. The Kier molecular flexibility index (Phi) is 7.20. The quantitative estimate of drug-likeness (QED) is 0.516. The lowest BCUT2D eigenvalue weighted by Gasteiger charge is -2.20. The number of aromatic nitrogens is 2. The van der Waals surface area contributed by atoms with Crippen molar-refractivity contribution in [3.05, 3.63) is 70.3 Å². The Labute approximate surface area is 182 Å². The molecule has 0 saturated heterocycles. The highest BCUT2D eigenvalue weighted by atomic mass is 16.5. The molecular formula is C24H31N4O3+. The van der Waals surface area contributed by atoms with Crippen molar-refractivity contribution >= 4 is 22.5 Å². The van der Waals surface area contributed by atoms with E-state index in [4.69, 9.17) is 4.74 Å². The molecule has 0 spiro atoms. The van der Waals surface area contributed by atoms with Crippen LogP contribution in [-0.4, -0.2) is 42.7 Å². The third-order valence-electron chi connectivity index (χ3n) is 5.18. The summed E-state index contributed by atoms with van der Waals surface area (Å²) in [5.41, 5.74) is 2.52. The van der Waals surface area contributed by atoms with Crippen molar-refractivity contribution < 1.29 is 14.4 Å². The van der Waals surface area contributed by atoms with Gasteiger partial charge in [-0.25, -0.2) is 4.98 Å². The molecule has 1 unspecified atom stereocenters. The number of para-hydroxylation sites is 1. The average molecular weight is 424 g/mol. The van der Waals surface area contributed by atoms with E-state index in [1.54, 1.807) is 13.2 Å². The molecule has 0 saturated carbocycles. The molecule has 1 aromatic heterocycles. The van der Waals surface area contributed by atoms with Crippen molar-refractivity contribution in [2.75, 3.05) is 32.1 Å². The number of nitrogens with zero attached hydrogens (tertiary/aromatic N) is 1. The highest BCUT2D eigenvalue weighted by Gasteiger charge is 2.18. The van der Waals surface area contributed by atoms with Crippen molar-refractivity contribution in [3.63, 3.8) is 0 Å². The van der Waals surface area contributed by atoms with Gasteiger partial charge in [0.15, 0.2) is 12.4 Å². The molecule has 1 heterocycles. The summed E-state index contributed by atoms with van der Waals surface area (Å²) in [6.45, 7) is 8.24. The Morgan fingerprint density at radius 3 is 2.52 bits per heavy atom. The zero-order valence-electron chi connectivity index (χ0n) is 18.6. The summed E-state index contributed by atoms with van der Waals surface area (Å²) in [6, 6.07) is 15.2. The van der Waals surface area contributed by atoms with Gasteiger partial charge in [-0.15, -0.1) is 0 Å². The first kappa shape index (κ1) is 22.7. The minimum Gasteiger partial charge on any atom is -0.379 e. The molecule has 164 valence electrons. The molecule has 0 aliphatic heterocycles. The Morgan fingerprint density at radius 2 is 1.84 bits per heavy atom. The number of hydrogen-bond acceptors (Lipinski definition) is 4. The summed E-state index contributed by atoms with van der Waals surface area (Å²) >= 11 is 0. The molecule has 0 fully saturated rings. The van der Waals surface area contributed by atoms with Crippen molar-refractivity contribution in [2.45, 2.75) is 32.7 Å². The van der Waals surface area contributed by atoms with Gasteiger partial charge in [0.2, 0.25) is 0 Å². The van der Waals surface area contributed by atoms with Crippen LogP contribution in [0.1, 0.15) is 32.2 Å². The maximum absolute atomic E-state index is 12.7. The summed E-state index contributed by atoms with van der Waals surface area (Å²) in [5, 5.41) is 3.52. The first-order valence-electron chi connectivity index (χ1n) is 10.5. The van der Waals surface area contributed by atoms with E-state index in [2.05, 4.69) is 36.1 Å². The molecule has 1 atom stereocenters. The van der Waals surface area contributed by atoms with Crippen LogP contribution in [0, 0.1) is 0 Å². The van der Waals surface area contributed by atoms with Gasteiger partial charge in [0.25, 0.3) is 11.5 Å². The average Bonchev–Trinajstić information content (AvgIpc) is 2.72. The molecule has 1 amide bonds. The lowest BCUT2D eigenvalue weighted by Crippen LogP contribution is -3.12. The number of methoxy groups -OCH3 is 1. The number of carbonyl (C=O) groups excluding carboxylic acids is 1. The van der Waals surface area contributed by atoms with Crippen LogP contribution in [0.3, 0.4) is 0 Å². The number of fused-ring (bicyclic) bond motifs is 1. The normalized spacial score (nSPS) is 12.6. The summed E-state index contributed by atoms with van der Waals surface area (Å²) < 4.78 is 5.20. The number of anilines is 1. The number of aromatic amines is 1. The fraction of sp³-hybridized carbons (Fsp3) is 0.375. The number of hydrogen-bond donors (Lipinski definition) is 3. The molecular weight excluding hydrogens is 392 g/mol. The summed E-state index contributed by atoms with van der Waals surface area (Å²) in [6.07, 6.45) is 0. The molecule has 3 rings (SSSR count). The number of quaternary nitrogens is 1. The second kappa shape index (κ2) is 9.85. The van der Waals surface area contributed by atoms with Crippen LogP contribution < -0.4 is 15.8 Å². The number of rotatable bonds is 8. The SMILES string of the molecule is COCC[NH+](CC(=O)Nc1ccc(C(C)(C)C)cc1)Cc1nc2ccccc2c(=O)[nH]1. The fourth-order valence-electron chi connectivity index (χ4n) is 3.43. The second-order valence-electron chi connectivity index (χ2n) is 8.75. The Bertz CT molecular complexity index is 1080. The zero-order valence-corrected chi connectivity index (χ0v) is 18.6. The van der Waals surface area contributed by atoms with E-state index in [1.165, 1.54) is 5.56 Å². The molecule has 3 N–H and O–H groups in total. The molecule has 0 aliphatic rings. The van der Waals surface area contributed by atoms with Gasteiger partial charge < -0.3 is 19.9 Å². The van der Waals surface area contributed by atoms with Gasteiger partial charge in [0.1, 0.15) is 13.1 Å². The van der Waals surface area contributed by atoms with Crippen LogP contribution in [0.15, 0.2) is 53.3 Å². The van der Waals surface area contributed by atoms with Crippen LogP contribution >= 0.6 is 0 Å². The van der Waals surface area contributed by atoms with E-state index in [0.29, 0.717) is 36.4 Å². The highest BCUT2D eigenvalue weighted by Crippen LogP contribution is 2.23. The molecule has 31 heavy (non-hydrogen) atoms. The number of H-pyrrole nitrogens is 1. The summed E-state index contributed by atoms with van der Waals surface area (Å²) in [7, 11) is 1.63. The Hall–Kier alpha value is -3.03. The minimum atomic E-state index is -0.171. The predicted molar refractivity (Wildman–Crippen MR) is 122 cm³/mol. The third kappa shape index (κ3) is 6.23. The first-order chi connectivity index (χ1) is 14.8. The molecule has 0 bridgehead atoms. The molecule has 7 nitrogen and oxygen atoms in total. The van der Waals surface area contributed by atoms with Gasteiger partial charge in [-0.2, -0.15) is 0 Å². The van der Waals surface area contributed by atoms with E-state index in [1.807, 2.05) is 42.5 Å². The largest absolute Gasteiger partial charge is 0.379 e. The Balaban J connectivity index is 1.69. The number of ether oxygens (including phenoxy) is 1. The van der Waals surface area contributed by atoms with E-state index in [0.717, 1.165) is 10.6 Å². The lowest BCUT2D eigenvalue weighted by atomic mass is 9.87. The maximum Gasteiger partial charge on any atom is 0.279 e. The van der Waals surface area contributed by atoms with Gasteiger partial charge in [0.05, 0.1) is 17.5 Å². The van der Waals surface area contributed by atoms with Crippen LogP contribution in [0.25, 0.3) is 10.9 Å². The standard InChI is InChI=1S/C24H30N4O3/c1-24(2,3)17-9-11-18(12-10-17)25-22(29)16-28(13-14-31-4)15-21-26-20-8-6-5-7-19(20)23(30)27-21/h5-12H,13-16H2,1-4H3,(H,25,29)(H,26,27,30)/p+1. The topological polar surface area (TPSA) is 88.5 Å².